The predicted octanol–water partition coefficient (Wildman–Crippen LogP) is 3.01. The first-order chi connectivity index (χ1) is 19.5. The molecule has 3 aromatic rings. The molecule has 1 saturated heterocycles. The number of nitrogens with one attached hydrogen (secondary N) is 2. The Balaban J connectivity index is 1.32. The largest absolute Gasteiger partial charge is 0.462 e. The second-order valence-electron chi connectivity index (χ2n) is 10.6. The fourth-order valence-corrected chi connectivity index (χ4v) is 6.00. The zero-order chi connectivity index (χ0) is 29.3. The minimum Gasteiger partial charge on any atom is -0.462 e. The number of benzene rings is 1. The van der Waals surface area contributed by atoms with Gasteiger partial charge in [0.1, 0.15) is 24.1 Å². The maximum Gasteiger partial charge on any atom is 0.459 e. The van der Waals surface area contributed by atoms with E-state index in [1.807, 2.05) is 6.92 Å². The maximum atomic E-state index is 13.8. The minimum atomic E-state index is -4.14. The Hall–Kier alpha value is -3.29. The van der Waals surface area contributed by atoms with Crippen LogP contribution in [0.4, 0.5) is 11.8 Å². The third kappa shape index (κ3) is 6.79. The highest BCUT2D eigenvalue weighted by Crippen LogP contribution is 2.46. The molecule has 5 N–H and O–H groups in total. The van der Waals surface area contributed by atoms with Gasteiger partial charge in [-0.1, -0.05) is 25.1 Å². The van der Waals surface area contributed by atoms with Crippen LogP contribution in [0.1, 0.15) is 46.8 Å². The Kier molecular flexibility index (Phi) is 8.48. The molecule has 0 spiro atoms. The number of fused-ring (bicyclic) bond motifs is 1. The van der Waals surface area contributed by atoms with Crippen molar-refractivity contribution in [3.63, 3.8) is 0 Å². The molecule has 5 rings (SSSR count). The topological polar surface area (TPSA) is 185 Å². The lowest BCUT2D eigenvalue weighted by Crippen LogP contribution is -2.37. The van der Waals surface area contributed by atoms with Gasteiger partial charge in [0, 0.05) is 12.0 Å². The fourth-order valence-electron chi connectivity index (χ4n) is 4.49. The monoisotopic (exact) mass is 589 g/mol. The highest BCUT2D eigenvalue weighted by atomic mass is 31.2. The Bertz CT molecular complexity index is 1420. The SMILES string of the molecule is CC(C)OC(=O)C(C)NP(=O)(OC[C@H]1O[C@@H](n2cnc3c(NC4CC4)nc(N)nc32)[C@@H](C)[C@@H]1O)Oc1ccccc1. The van der Waals surface area contributed by atoms with Crippen LogP contribution in [-0.2, 0) is 23.4 Å². The van der Waals surface area contributed by atoms with Gasteiger partial charge in [0.2, 0.25) is 5.95 Å². The van der Waals surface area contributed by atoms with Gasteiger partial charge >= 0.3 is 13.7 Å². The molecule has 15 heteroatoms. The van der Waals surface area contributed by atoms with Crippen molar-refractivity contribution in [3.8, 4) is 5.75 Å². The molecule has 41 heavy (non-hydrogen) atoms. The first-order valence-electron chi connectivity index (χ1n) is 13.6. The van der Waals surface area contributed by atoms with Crippen molar-refractivity contribution in [2.75, 3.05) is 17.7 Å². The normalized spacial score (nSPS) is 24.7. The Morgan fingerprint density at radius 1 is 1.24 bits per heavy atom. The van der Waals surface area contributed by atoms with Crippen molar-refractivity contribution < 1.29 is 33.0 Å². The van der Waals surface area contributed by atoms with Crippen LogP contribution in [0.2, 0.25) is 0 Å². The zero-order valence-corrected chi connectivity index (χ0v) is 24.2. The van der Waals surface area contributed by atoms with Crippen LogP contribution in [0.5, 0.6) is 5.75 Å². The second kappa shape index (κ2) is 11.9. The maximum absolute atomic E-state index is 13.8. The van der Waals surface area contributed by atoms with E-state index in [4.69, 9.17) is 24.3 Å². The molecule has 2 fully saturated rings. The summed E-state index contributed by atoms with van der Waals surface area (Å²) in [6.45, 7) is 6.44. The summed E-state index contributed by atoms with van der Waals surface area (Å²) in [6, 6.07) is 7.75. The molecule has 0 radical (unpaired) electrons. The average Bonchev–Trinajstić information content (AvgIpc) is 3.57. The lowest BCUT2D eigenvalue weighted by atomic mass is 10.0. The van der Waals surface area contributed by atoms with Gasteiger partial charge in [-0.2, -0.15) is 15.1 Å². The van der Waals surface area contributed by atoms with E-state index in [2.05, 4.69) is 25.4 Å². The van der Waals surface area contributed by atoms with Crippen molar-refractivity contribution in [2.45, 2.75) is 77.2 Å². The van der Waals surface area contributed by atoms with Gasteiger partial charge in [-0.15, -0.1) is 0 Å². The van der Waals surface area contributed by atoms with Crippen LogP contribution in [-0.4, -0.2) is 67.6 Å². The molecule has 0 amide bonds. The molecule has 6 atom stereocenters. The molecule has 2 unspecified atom stereocenters. The minimum absolute atomic E-state index is 0.0867. The average molecular weight is 590 g/mol. The number of carbonyl (C=O) groups excluding carboxylic acids is 1. The number of anilines is 2. The highest BCUT2D eigenvalue weighted by molar-refractivity contribution is 7.52. The number of para-hydroxylation sites is 1. The van der Waals surface area contributed by atoms with Crippen LogP contribution in [0.3, 0.4) is 0 Å². The Morgan fingerprint density at radius 2 is 1.98 bits per heavy atom. The number of rotatable bonds is 12. The van der Waals surface area contributed by atoms with Gasteiger partial charge in [-0.05, 0) is 45.7 Å². The molecule has 3 heterocycles. The van der Waals surface area contributed by atoms with Crippen molar-refractivity contribution in [1.29, 1.82) is 0 Å². The molecule has 14 nitrogen and oxygen atoms in total. The first kappa shape index (κ1) is 29.2. The number of nitrogens with zero attached hydrogens (tertiary/aromatic N) is 4. The van der Waals surface area contributed by atoms with E-state index < -0.39 is 44.1 Å². The Morgan fingerprint density at radius 3 is 2.66 bits per heavy atom. The van der Waals surface area contributed by atoms with Gasteiger partial charge in [0.15, 0.2) is 17.0 Å². The van der Waals surface area contributed by atoms with Crippen molar-refractivity contribution >= 4 is 36.6 Å². The van der Waals surface area contributed by atoms with Gasteiger partial charge in [-0.3, -0.25) is 13.9 Å². The predicted molar refractivity (Wildman–Crippen MR) is 150 cm³/mol. The molecule has 1 saturated carbocycles. The number of carbonyl (C=O) groups is 1. The van der Waals surface area contributed by atoms with E-state index in [-0.39, 0.29) is 24.4 Å². The van der Waals surface area contributed by atoms with Crippen LogP contribution < -0.4 is 20.7 Å². The third-order valence-electron chi connectivity index (χ3n) is 6.75. The number of esters is 1. The number of nitrogen functional groups attached to an aromatic ring is 1. The number of ether oxygens (including phenoxy) is 2. The van der Waals surface area contributed by atoms with Crippen LogP contribution in [0.25, 0.3) is 11.2 Å². The van der Waals surface area contributed by atoms with Crippen LogP contribution >= 0.6 is 7.75 Å². The summed E-state index contributed by atoms with van der Waals surface area (Å²) < 4.78 is 38.4. The molecule has 2 aromatic heterocycles. The quantitative estimate of drug-likeness (QED) is 0.179. The number of nitrogens with two attached hydrogens (primary N) is 1. The van der Waals surface area contributed by atoms with E-state index in [9.17, 15) is 14.5 Å². The standard InChI is InChI=1S/C26H36N7O7P/c1-14(2)38-25(35)16(4)32-41(36,40-18-8-6-5-7-9-18)37-12-19-21(34)15(3)24(39-19)33-13-28-20-22(29-17-10-11-17)30-26(27)31-23(20)33/h5-9,13-17,19,21,24,34H,10-12H2,1-4H3,(H,32,36)(H3,27,29,30,31)/t15-,16?,19+,21-,24+,41?/m0/s1. The molecular weight excluding hydrogens is 553 g/mol. The lowest BCUT2D eigenvalue weighted by Gasteiger charge is -2.25. The van der Waals surface area contributed by atoms with E-state index in [1.54, 1.807) is 55.1 Å². The van der Waals surface area contributed by atoms with E-state index >= 15 is 0 Å². The molecular formula is C26H36N7O7P. The number of aromatic nitrogens is 4. The van der Waals surface area contributed by atoms with Crippen molar-refractivity contribution in [3.05, 3.63) is 36.7 Å². The van der Waals surface area contributed by atoms with Gasteiger partial charge in [-0.25, -0.2) is 9.55 Å². The fraction of sp³-hybridized carbons (Fsp3) is 0.538. The summed E-state index contributed by atoms with van der Waals surface area (Å²) >= 11 is 0. The summed E-state index contributed by atoms with van der Waals surface area (Å²) in [5, 5.41) is 17.0. The molecule has 222 valence electrons. The van der Waals surface area contributed by atoms with E-state index in [0.717, 1.165) is 12.8 Å². The number of hydrogen-bond donors (Lipinski definition) is 4. The van der Waals surface area contributed by atoms with Gasteiger partial charge in [0.05, 0.1) is 25.1 Å². The Labute approximate surface area is 237 Å². The van der Waals surface area contributed by atoms with E-state index in [1.165, 1.54) is 6.92 Å². The van der Waals surface area contributed by atoms with Crippen LogP contribution in [0.15, 0.2) is 36.7 Å². The summed E-state index contributed by atoms with van der Waals surface area (Å²) in [4.78, 5) is 25.6. The van der Waals surface area contributed by atoms with Crippen LogP contribution in [0, 0.1) is 5.92 Å². The number of aliphatic hydroxyl groups excluding tert-OH is 1. The summed E-state index contributed by atoms with van der Waals surface area (Å²) in [6.07, 6.45) is 0.760. The number of aliphatic hydroxyl groups is 1. The second-order valence-corrected chi connectivity index (χ2v) is 12.3. The summed E-state index contributed by atoms with van der Waals surface area (Å²) in [5.74, 6) is -0.127. The third-order valence-corrected chi connectivity index (χ3v) is 8.39. The molecule has 1 aromatic carbocycles. The zero-order valence-electron chi connectivity index (χ0n) is 23.3. The van der Waals surface area contributed by atoms with Crippen molar-refractivity contribution in [1.82, 2.24) is 24.6 Å². The number of hydrogen-bond acceptors (Lipinski definition) is 12. The first-order valence-corrected chi connectivity index (χ1v) is 15.1. The lowest BCUT2D eigenvalue weighted by molar-refractivity contribution is -0.149. The highest BCUT2D eigenvalue weighted by Gasteiger charge is 2.44. The molecule has 0 bridgehead atoms. The van der Waals surface area contributed by atoms with Gasteiger partial charge < -0.3 is 30.2 Å². The number of imidazole rings is 1. The molecule has 1 aliphatic heterocycles. The molecule has 2 aliphatic rings. The molecule has 1 aliphatic carbocycles. The van der Waals surface area contributed by atoms with Crippen molar-refractivity contribution in [2.24, 2.45) is 5.92 Å². The smallest absolute Gasteiger partial charge is 0.459 e. The summed E-state index contributed by atoms with van der Waals surface area (Å²) in [7, 11) is -4.14. The van der Waals surface area contributed by atoms with E-state index in [0.29, 0.717) is 23.0 Å². The van der Waals surface area contributed by atoms with Gasteiger partial charge in [0.25, 0.3) is 0 Å². The summed E-state index contributed by atoms with van der Waals surface area (Å²) in [5.41, 5.74) is 6.99.